The van der Waals surface area contributed by atoms with Gasteiger partial charge < -0.3 is 10.4 Å². The van der Waals surface area contributed by atoms with Crippen LogP contribution in [0.25, 0.3) is 10.6 Å². The molecule has 0 fully saturated rings. The van der Waals surface area contributed by atoms with E-state index >= 15 is 0 Å². The molecule has 2 rings (SSSR count). The standard InChI is InChI=1S/C14H20N2OS2/c1-10(2)5-12(8-17)15-6-13-7-16-14(19-13)11-3-4-18-9-11/h3-4,7,9-10,12,15,17H,5-6,8H2,1-2H3. The monoisotopic (exact) mass is 296 g/mol. The summed E-state index contributed by atoms with van der Waals surface area (Å²) in [5, 5.41) is 18.0. The molecule has 19 heavy (non-hydrogen) atoms. The third-order valence-corrected chi connectivity index (χ3v) is 4.59. The van der Waals surface area contributed by atoms with Crippen molar-refractivity contribution in [1.29, 1.82) is 0 Å². The first-order valence-electron chi connectivity index (χ1n) is 6.50. The number of nitrogens with zero attached hydrogens (tertiary/aromatic N) is 1. The Balaban J connectivity index is 1.89. The maximum absolute atomic E-state index is 9.34. The second kappa shape index (κ2) is 7.14. The van der Waals surface area contributed by atoms with Crippen LogP contribution < -0.4 is 5.32 Å². The highest BCUT2D eigenvalue weighted by molar-refractivity contribution is 7.15. The molecule has 0 aromatic carbocycles. The first kappa shape index (κ1) is 14.7. The van der Waals surface area contributed by atoms with Crippen molar-refractivity contribution in [3.8, 4) is 10.6 Å². The van der Waals surface area contributed by atoms with Crippen LogP contribution in [-0.4, -0.2) is 22.7 Å². The summed E-state index contributed by atoms with van der Waals surface area (Å²) >= 11 is 3.40. The summed E-state index contributed by atoms with van der Waals surface area (Å²) in [6.07, 6.45) is 2.92. The molecule has 0 aliphatic carbocycles. The van der Waals surface area contributed by atoms with Crippen molar-refractivity contribution in [3.63, 3.8) is 0 Å². The molecule has 0 aliphatic heterocycles. The SMILES string of the molecule is CC(C)CC(CO)NCc1cnc(-c2ccsc2)s1. The lowest BCUT2D eigenvalue weighted by Crippen LogP contribution is -2.32. The van der Waals surface area contributed by atoms with E-state index in [1.54, 1.807) is 22.7 Å². The molecule has 0 amide bonds. The van der Waals surface area contributed by atoms with Gasteiger partial charge in [-0.25, -0.2) is 4.98 Å². The summed E-state index contributed by atoms with van der Waals surface area (Å²) in [4.78, 5) is 5.66. The third-order valence-electron chi connectivity index (χ3n) is 2.86. The number of hydrogen-bond acceptors (Lipinski definition) is 5. The predicted octanol–water partition coefficient (Wildman–Crippen LogP) is 3.37. The normalized spacial score (nSPS) is 13.1. The van der Waals surface area contributed by atoms with Gasteiger partial charge in [-0.1, -0.05) is 13.8 Å². The van der Waals surface area contributed by atoms with Gasteiger partial charge in [0.05, 0.1) is 6.61 Å². The van der Waals surface area contributed by atoms with Crippen molar-refractivity contribution >= 4 is 22.7 Å². The van der Waals surface area contributed by atoms with E-state index < -0.39 is 0 Å². The Bertz CT molecular complexity index is 479. The lowest BCUT2D eigenvalue weighted by atomic mass is 10.0. The van der Waals surface area contributed by atoms with Gasteiger partial charge >= 0.3 is 0 Å². The van der Waals surface area contributed by atoms with E-state index in [0.717, 1.165) is 18.0 Å². The van der Waals surface area contributed by atoms with Crippen molar-refractivity contribution in [2.45, 2.75) is 32.9 Å². The Hall–Kier alpha value is -0.750. The molecule has 1 atom stereocenters. The van der Waals surface area contributed by atoms with Crippen molar-refractivity contribution in [2.24, 2.45) is 5.92 Å². The smallest absolute Gasteiger partial charge is 0.124 e. The summed E-state index contributed by atoms with van der Waals surface area (Å²) in [5.41, 5.74) is 1.20. The van der Waals surface area contributed by atoms with Crippen LogP contribution in [0, 0.1) is 5.92 Å². The van der Waals surface area contributed by atoms with Crippen LogP contribution in [0.1, 0.15) is 25.1 Å². The summed E-state index contributed by atoms with van der Waals surface area (Å²) < 4.78 is 0. The highest BCUT2D eigenvalue weighted by Gasteiger charge is 2.10. The topological polar surface area (TPSA) is 45.1 Å². The quantitative estimate of drug-likeness (QED) is 0.823. The first-order chi connectivity index (χ1) is 9.19. The van der Waals surface area contributed by atoms with Crippen molar-refractivity contribution in [3.05, 3.63) is 27.9 Å². The Kier molecular flexibility index (Phi) is 5.51. The molecular formula is C14H20N2OS2. The van der Waals surface area contributed by atoms with Crippen LogP contribution in [0.2, 0.25) is 0 Å². The van der Waals surface area contributed by atoms with Gasteiger partial charge in [0.2, 0.25) is 0 Å². The molecule has 2 aromatic heterocycles. The van der Waals surface area contributed by atoms with Crippen LogP contribution in [0.3, 0.4) is 0 Å². The van der Waals surface area contributed by atoms with Gasteiger partial charge in [-0.05, 0) is 23.8 Å². The van der Waals surface area contributed by atoms with E-state index in [1.807, 2.05) is 6.20 Å². The maximum atomic E-state index is 9.34. The third kappa shape index (κ3) is 4.38. The summed E-state index contributed by atoms with van der Waals surface area (Å²) in [6.45, 7) is 5.31. The average molecular weight is 296 g/mol. The highest BCUT2D eigenvalue weighted by atomic mass is 32.1. The van der Waals surface area contributed by atoms with E-state index in [9.17, 15) is 5.11 Å². The van der Waals surface area contributed by atoms with Crippen LogP contribution in [0.5, 0.6) is 0 Å². The van der Waals surface area contributed by atoms with Gasteiger partial charge in [0.15, 0.2) is 0 Å². The molecule has 0 aliphatic rings. The minimum absolute atomic E-state index is 0.173. The molecule has 0 saturated carbocycles. The number of nitrogens with one attached hydrogen (secondary N) is 1. The highest BCUT2D eigenvalue weighted by Crippen LogP contribution is 2.26. The second-order valence-electron chi connectivity index (χ2n) is 5.03. The predicted molar refractivity (Wildman–Crippen MR) is 82.6 cm³/mol. The summed E-state index contributed by atoms with van der Waals surface area (Å²) in [7, 11) is 0. The average Bonchev–Trinajstić information content (AvgIpc) is 3.03. The molecule has 1 unspecified atom stereocenters. The minimum Gasteiger partial charge on any atom is -0.395 e. The molecule has 2 N–H and O–H groups in total. The molecule has 2 heterocycles. The van der Waals surface area contributed by atoms with E-state index in [1.165, 1.54) is 10.4 Å². The molecule has 0 spiro atoms. The van der Waals surface area contributed by atoms with Crippen LogP contribution in [0.4, 0.5) is 0 Å². The largest absolute Gasteiger partial charge is 0.395 e. The number of hydrogen-bond donors (Lipinski definition) is 2. The molecular weight excluding hydrogens is 276 g/mol. The number of thiophene rings is 1. The molecule has 104 valence electrons. The van der Waals surface area contributed by atoms with Crippen molar-refractivity contribution in [2.75, 3.05) is 6.61 Å². The fourth-order valence-corrected chi connectivity index (χ4v) is 3.52. The zero-order chi connectivity index (χ0) is 13.7. The minimum atomic E-state index is 0.173. The van der Waals surface area contributed by atoms with Crippen molar-refractivity contribution in [1.82, 2.24) is 10.3 Å². The molecule has 0 bridgehead atoms. The van der Waals surface area contributed by atoms with Gasteiger partial charge in [0.1, 0.15) is 5.01 Å². The van der Waals surface area contributed by atoms with E-state index in [-0.39, 0.29) is 12.6 Å². The van der Waals surface area contributed by atoms with Gasteiger partial charge in [-0.15, -0.1) is 11.3 Å². The van der Waals surface area contributed by atoms with Gasteiger partial charge in [-0.2, -0.15) is 11.3 Å². The first-order valence-corrected chi connectivity index (χ1v) is 8.26. The fraction of sp³-hybridized carbons (Fsp3) is 0.500. The Labute approximate surface area is 122 Å². The Morgan fingerprint density at radius 1 is 1.42 bits per heavy atom. The van der Waals surface area contributed by atoms with Gasteiger partial charge in [-0.3, -0.25) is 0 Å². The number of rotatable bonds is 7. The molecule has 0 saturated heterocycles. The zero-order valence-electron chi connectivity index (χ0n) is 11.3. The second-order valence-corrected chi connectivity index (χ2v) is 6.93. The number of aromatic nitrogens is 1. The van der Waals surface area contributed by atoms with Crippen LogP contribution in [-0.2, 0) is 6.54 Å². The van der Waals surface area contributed by atoms with Crippen LogP contribution >= 0.6 is 22.7 Å². The molecule has 3 nitrogen and oxygen atoms in total. The van der Waals surface area contributed by atoms with E-state index in [4.69, 9.17) is 0 Å². The molecule has 2 aromatic rings. The van der Waals surface area contributed by atoms with Gasteiger partial charge in [0, 0.05) is 34.6 Å². The molecule has 5 heteroatoms. The van der Waals surface area contributed by atoms with E-state index in [0.29, 0.717) is 5.92 Å². The fourth-order valence-electron chi connectivity index (χ4n) is 1.95. The lowest BCUT2D eigenvalue weighted by Gasteiger charge is -2.17. The lowest BCUT2D eigenvalue weighted by molar-refractivity contribution is 0.224. The number of aliphatic hydroxyl groups excluding tert-OH is 1. The van der Waals surface area contributed by atoms with E-state index in [2.05, 4.69) is 41.0 Å². The maximum Gasteiger partial charge on any atom is 0.124 e. The Morgan fingerprint density at radius 3 is 2.89 bits per heavy atom. The summed E-state index contributed by atoms with van der Waals surface area (Å²) in [6, 6.07) is 2.27. The van der Waals surface area contributed by atoms with Crippen LogP contribution in [0.15, 0.2) is 23.0 Å². The molecule has 0 radical (unpaired) electrons. The van der Waals surface area contributed by atoms with Gasteiger partial charge in [0.25, 0.3) is 0 Å². The van der Waals surface area contributed by atoms with Crippen molar-refractivity contribution < 1.29 is 5.11 Å². The summed E-state index contributed by atoms with van der Waals surface area (Å²) in [5.74, 6) is 0.590. The number of aliphatic hydroxyl groups is 1. The zero-order valence-corrected chi connectivity index (χ0v) is 12.9. The number of thiazole rings is 1. The Morgan fingerprint density at radius 2 is 2.26 bits per heavy atom.